The van der Waals surface area contributed by atoms with E-state index in [-0.39, 0.29) is 0 Å². The van der Waals surface area contributed by atoms with Gasteiger partial charge in [-0.15, -0.1) is 0 Å². The summed E-state index contributed by atoms with van der Waals surface area (Å²) in [6.07, 6.45) is 3.00. The van der Waals surface area contributed by atoms with Gasteiger partial charge < -0.3 is 5.11 Å². The van der Waals surface area contributed by atoms with Gasteiger partial charge in [0.05, 0.1) is 0 Å². The maximum Gasteiger partial charge on any atom is 0.115 e. The van der Waals surface area contributed by atoms with Crippen molar-refractivity contribution in [3.8, 4) is 28.0 Å². The molecule has 1 N–H and O–H groups in total. The normalized spacial score (nSPS) is 10.7. The third-order valence-corrected chi connectivity index (χ3v) is 5.12. The number of hydrogen-bond acceptors (Lipinski definition) is 1. The Morgan fingerprint density at radius 3 is 1.96 bits per heavy atom. The topological polar surface area (TPSA) is 20.2 Å². The lowest BCUT2D eigenvalue weighted by Crippen LogP contribution is -1.94. The molecule has 0 amide bonds. The second-order valence-electron chi connectivity index (χ2n) is 7.13. The van der Waals surface area contributed by atoms with Crippen molar-refractivity contribution in [2.24, 2.45) is 0 Å². The van der Waals surface area contributed by atoms with E-state index in [1.54, 1.807) is 6.07 Å². The maximum atomic E-state index is 9.68. The number of rotatable bonds is 6. The summed E-state index contributed by atoms with van der Waals surface area (Å²) in [4.78, 5) is 0. The SMILES string of the molecule is Oc1cccc(CCCc2cc(-c3ccccc3)ccc2-c2ccccc2)c1. The molecule has 0 heterocycles. The smallest absolute Gasteiger partial charge is 0.115 e. The number of aromatic hydroxyl groups is 1. The molecule has 0 bridgehead atoms. The highest BCUT2D eigenvalue weighted by atomic mass is 16.3. The molecule has 0 spiro atoms. The molecule has 1 heteroatoms. The van der Waals surface area contributed by atoms with Gasteiger partial charge in [0.1, 0.15) is 5.75 Å². The monoisotopic (exact) mass is 364 g/mol. The Morgan fingerprint density at radius 2 is 1.25 bits per heavy atom. The number of aryl methyl sites for hydroxylation is 2. The van der Waals surface area contributed by atoms with Crippen LogP contribution in [0.25, 0.3) is 22.3 Å². The second-order valence-corrected chi connectivity index (χ2v) is 7.13. The zero-order valence-electron chi connectivity index (χ0n) is 15.9. The van der Waals surface area contributed by atoms with Crippen LogP contribution < -0.4 is 0 Å². The van der Waals surface area contributed by atoms with Gasteiger partial charge in [-0.1, -0.05) is 91.0 Å². The van der Waals surface area contributed by atoms with Crippen molar-refractivity contribution < 1.29 is 5.11 Å². The summed E-state index contributed by atoms with van der Waals surface area (Å²) in [6, 6.07) is 35.5. The quantitative estimate of drug-likeness (QED) is 0.394. The molecule has 4 aromatic rings. The van der Waals surface area contributed by atoms with E-state index in [0.717, 1.165) is 19.3 Å². The van der Waals surface area contributed by atoms with Gasteiger partial charge in [-0.05, 0) is 64.8 Å². The molecule has 138 valence electrons. The summed E-state index contributed by atoms with van der Waals surface area (Å²) in [6.45, 7) is 0. The van der Waals surface area contributed by atoms with Crippen LogP contribution in [0, 0.1) is 0 Å². The minimum absolute atomic E-state index is 0.341. The Balaban J connectivity index is 1.62. The van der Waals surface area contributed by atoms with E-state index in [4.69, 9.17) is 0 Å². The number of phenols is 1. The van der Waals surface area contributed by atoms with Crippen LogP contribution in [0.15, 0.2) is 103 Å². The Hall–Kier alpha value is -3.32. The first-order valence-corrected chi connectivity index (χ1v) is 9.81. The van der Waals surface area contributed by atoms with Crippen molar-refractivity contribution in [3.05, 3.63) is 114 Å². The van der Waals surface area contributed by atoms with Crippen LogP contribution >= 0.6 is 0 Å². The van der Waals surface area contributed by atoms with Gasteiger partial charge in [0, 0.05) is 0 Å². The highest BCUT2D eigenvalue weighted by Crippen LogP contribution is 2.30. The zero-order chi connectivity index (χ0) is 19.2. The zero-order valence-corrected chi connectivity index (χ0v) is 15.9. The first-order chi connectivity index (χ1) is 13.8. The van der Waals surface area contributed by atoms with Crippen molar-refractivity contribution in [1.29, 1.82) is 0 Å². The van der Waals surface area contributed by atoms with Gasteiger partial charge in [-0.3, -0.25) is 0 Å². The van der Waals surface area contributed by atoms with Gasteiger partial charge >= 0.3 is 0 Å². The Kier molecular flexibility index (Phi) is 5.53. The minimum Gasteiger partial charge on any atom is -0.508 e. The third-order valence-electron chi connectivity index (χ3n) is 5.12. The molecule has 28 heavy (non-hydrogen) atoms. The molecular weight excluding hydrogens is 340 g/mol. The molecule has 0 saturated heterocycles. The largest absolute Gasteiger partial charge is 0.508 e. The molecule has 0 aliphatic carbocycles. The van der Waals surface area contributed by atoms with Crippen molar-refractivity contribution in [2.45, 2.75) is 19.3 Å². The van der Waals surface area contributed by atoms with Crippen LogP contribution in [0.1, 0.15) is 17.5 Å². The summed E-state index contributed by atoms with van der Waals surface area (Å²) >= 11 is 0. The highest BCUT2D eigenvalue weighted by molar-refractivity contribution is 5.73. The standard InChI is InChI=1S/C27H24O/c28-26-16-8-10-21(19-26)9-7-15-25-20-24(22-11-3-1-4-12-22)17-18-27(25)23-13-5-2-6-14-23/h1-6,8,10-14,16-20,28H,7,9,15H2. The lowest BCUT2D eigenvalue weighted by atomic mass is 9.92. The lowest BCUT2D eigenvalue weighted by molar-refractivity contribution is 0.474. The number of hydrogen-bond donors (Lipinski definition) is 1. The van der Waals surface area contributed by atoms with Crippen LogP contribution in [0.3, 0.4) is 0 Å². The third kappa shape index (κ3) is 4.32. The van der Waals surface area contributed by atoms with E-state index in [1.165, 1.54) is 33.4 Å². The number of benzene rings is 4. The Bertz CT molecular complexity index is 1040. The van der Waals surface area contributed by atoms with Crippen molar-refractivity contribution >= 4 is 0 Å². The van der Waals surface area contributed by atoms with Crippen LogP contribution in [0.2, 0.25) is 0 Å². The van der Waals surface area contributed by atoms with Crippen LogP contribution in [0.4, 0.5) is 0 Å². The molecule has 0 aliphatic heterocycles. The maximum absolute atomic E-state index is 9.68. The molecular formula is C27H24O. The van der Waals surface area contributed by atoms with E-state index in [2.05, 4.69) is 84.9 Å². The predicted molar refractivity (Wildman–Crippen MR) is 117 cm³/mol. The summed E-state index contributed by atoms with van der Waals surface area (Å²) in [5.74, 6) is 0.341. The molecule has 0 aromatic heterocycles. The van der Waals surface area contributed by atoms with Gasteiger partial charge in [0.25, 0.3) is 0 Å². The highest BCUT2D eigenvalue weighted by Gasteiger charge is 2.08. The molecule has 0 atom stereocenters. The Morgan fingerprint density at radius 1 is 0.536 bits per heavy atom. The van der Waals surface area contributed by atoms with Crippen LogP contribution in [0.5, 0.6) is 5.75 Å². The summed E-state index contributed by atoms with van der Waals surface area (Å²) < 4.78 is 0. The average Bonchev–Trinajstić information content (AvgIpc) is 2.75. The fourth-order valence-corrected chi connectivity index (χ4v) is 3.70. The van der Waals surface area contributed by atoms with E-state index in [1.807, 2.05) is 12.1 Å². The van der Waals surface area contributed by atoms with Crippen LogP contribution in [-0.4, -0.2) is 5.11 Å². The molecule has 0 radical (unpaired) electrons. The second kappa shape index (κ2) is 8.58. The summed E-state index contributed by atoms with van der Waals surface area (Å²) in [5.41, 5.74) is 7.61. The summed E-state index contributed by atoms with van der Waals surface area (Å²) in [5, 5.41) is 9.68. The molecule has 1 nitrogen and oxygen atoms in total. The first kappa shape index (κ1) is 18.1. The van der Waals surface area contributed by atoms with Gasteiger partial charge in [-0.25, -0.2) is 0 Å². The molecule has 4 rings (SSSR count). The Labute approximate surface area is 166 Å². The van der Waals surface area contributed by atoms with Crippen molar-refractivity contribution in [1.82, 2.24) is 0 Å². The molecule has 0 fully saturated rings. The van der Waals surface area contributed by atoms with Crippen molar-refractivity contribution in [3.63, 3.8) is 0 Å². The number of phenolic OH excluding ortho intramolecular Hbond substituents is 1. The molecule has 0 saturated carbocycles. The van der Waals surface area contributed by atoms with E-state index >= 15 is 0 Å². The minimum atomic E-state index is 0.341. The van der Waals surface area contributed by atoms with E-state index in [9.17, 15) is 5.11 Å². The van der Waals surface area contributed by atoms with Gasteiger partial charge in [0.15, 0.2) is 0 Å². The summed E-state index contributed by atoms with van der Waals surface area (Å²) in [7, 11) is 0. The molecule has 4 aromatic carbocycles. The molecule has 0 unspecified atom stereocenters. The average molecular weight is 364 g/mol. The van der Waals surface area contributed by atoms with Crippen LogP contribution in [-0.2, 0) is 12.8 Å². The van der Waals surface area contributed by atoms with E-state index < -0.39 is 0 Å². The van der Waals surface area contributed by atoms with Gasteiger partial charge in [0.2, 0.25) is 0 Å². The van der Waals surface area contributed by atoms with Crippen molar-refractivity contribution in [2.75, 3.05) is 0 Å². The van der Waals surface area contributed by atoms with E-state index in [0.29, 0.717) is 5.75 Å². The predicted octanol–water partition coefficient (Wildman–Crippen LogP) is 6.90. The van der Waals surface area contributed by atoms with Gasteiger partial charge in [-0.2, -0.15) is 0 Å². The fraction of sp³-hybridized carbons (Fsp3) is 0.111. The fourth-order valence-electron chi connectivity index (χ4n) is 3.70. The first-order valence-electron chi connectivity index (χ1n) is 9.81. The molecule has 0 aliphatic rings. The lowest BCUT2D eigenvalue weighted by Gasteiger charge is -2.13.